The zero-order valence-electron chi connectivity index (χ0n) is 10.9. The molecule has 1 aliphatic rings. The van der Waals surface area contributed by atoms with Gasteiger partial charge in [-0.1, -0.05) is 48.5 Å². The highest BCUT2D eigenvalue weighted by Crippen LogP contribution is 2.36. The predicted octanol–water partition coefficient (Wildman–Crippen LogP) is 3.43. The van der Waals surface area contributed by atoms with Gasteiger partial charge in [0.2, 0.25) is 0 Å². The summed E-state index contributed by atoms with van der Waals surface area (Å²) in [5.41, 5.74) is 2.42. The number of nitrogens with one attached hydrogen (secondary N) is 1. The molecule has 98 valence electrons. The standard InChI is InChI=1S/C17H19NO/c19-17-9-5-4-8-14(17)12-18-16-10-15(11-16)13-6-2-1-3-7-13/h1-9,15-16,18-19H,10-12H2. The van der Waals surface area contributed by atoms with Gasteiger partial charge >= 0.3 is 0 Å². The first kappa shape index (κ1) is 12.2. The van der Waals surface area contributed by atoms with Gasteiger partial charge in [-0.25, -0.2) is 0 Å². The monoisotopic (exact) mass is 253 g/mol. The fraction of sp³-hybridized carbons (Fsp3) is 0.294. The Bertz CT molecular complexity index is 532. The average molecular weight is 253 g/mol. The van der Waals surface area contributed by atoms with Crippen molar-refractivity contribution < 1.29 is 5.11 Å². The molecule has 2 N–H and O–H groups in total. The van der Waals surface area contributed by atoms with Crippen LogP contribution in [0.25, 0.3) is 0 Å². The topological polar surface area (TPSA) is 32.3 Å². The SMILES string of the molecule is Oc1ccccc1CNC1CC(c2ccccc2)C1. The summed E-state index contributed by atoms with van der Waals surface area (Å²) >= 11 is 0. The van der Waals surface area contributed by atoms with E-state index in [-0.39, 0.29) is 0 Å². The highest BCUT2D eigenvalue weighted by atomic mass is 16.3. The van der Waals surface area contributed by atoms with Gasteiger partial charge in [-0.2, -0.15) is 0 Å². The molecule has 0 aromatic heterocycles. The zero-order valence-corrected chi connectivity index (χ0v) is 10.9. The minimum atomic E-state index is 0.383. The molecule has 0 bridgehead atoms. The van der Waals surface area contributed by atoms with Gasteiger partial charge in [0.15, 0.2) is 0 Å². The summed E-state index contributed by atoms with van der Waals surface area (Å²) in [5, 5.41) is 13.2. The van der Waals surface area contributed by atoms with Crippen LogP contribution >= 0.6 is 0 Å². The van der Waals surface area contributed by atoms with Crippen molar-refractivity contribution in [2.45, 2.75) is 31.3 Å². The summed E-state index contributed by atoms with van der Waals surface area (Å²) in [7, 11) is 0. The second-order valence-electron chi connectivity index (χ2n) is 5.29. The van der Waals surface area contributed by atoms with E-state index in [0.717, 1.165) is 12.1 Å². The first-order valence-corrected chi connectivity index (χ1v) is 6.88. The summed E-state index contributed by atoms with van der Waals surface area (Å²) in [4.78, 5) is 0. The van der Waals surface area contributed by atoms with Crippen molar-refractivity contribution in [3.63, 3.8) is 0 Å². The number of aromatic hydroxyl groups is 1. The van der Waals surface area contributed by atoms with Crippen molar-refractivity contribution in [1.82, 2.24) is 5.32 Å². The minimum Gasteiger partial charge on any atom is -0.508 e. The molecule has 1 fully saturated rings. The van der Waals surface area contributed by atoms with Crippen molar-refractivity contribution in [2.75, 3.05) is 0 Å². The predicted molar refractivity (Wildman–Crippen MR) is 77.2 cm³/mol. The Morgan fingerprint density at radius 3 is 2.37 bits per heavy atom. The van der Waals surface area contributed by atoms with Crippen molar-refractivity contribution in [3.05, 3.63) is 65.7 Å². The molecule has 0 unspecified atom stereocenters. The van der Waals surface area contributed by atoms with E-state index < -0.39 is 0 Å². The van der Waals surface area contributed by atoms with E-state index in [1.54, 1.807) is 6.07 Å². The Morgan fingerprint density at radius 1 is 0.947 bits per heavy atom. The van der Waals surface area contributed by atoms with Crippen LogP contribution in [0.2, 0.25) is 0 Å². The normalized spacial score (nSPS) is 21.9. The van der Waals surface area contributed by atoms with E-state index in [4.69, 9.17) is 0 Å². The maximum absolute atomic E-state index is 9.70. The second-order valence-corrected chi connectivity index (χ2v) is 5.29. The first-order chi connectivity index (χ1) is 9.33. The van der Waals surface area contributed by atoms with Gasteiger partial charge in [-0.15, -0.1) is 0 Å². The molecule has 19 heavy (non-hydrogen) atoms. The van der Waals surface area contributed by atoms with Crippen LogP contribution in [0, 0.1) is 0 Å². The molecule has 0 aliphatic heterocycles. The molecule has 3 rings (SSSR count). The van der Waals surface area contributed by atoms with E-state index in [2.05, 4.69) is 35.6 Å². The van der Waals surface area contributed by atoms with Gasteiger partial charge in [-0.05, 0) is 30.4 Å². The van der Waals surface area contributed by atoms with Crippen LogP contribution in [0.1, 0.15) is 29.9 Å². The van der Waals surface area contributed by atoms with Gasteiger partial charge in [0.25, 0.3) is 0 Å². The molecule has 0 spiro atoms. The van der Waals surface area contributed by atoms with Gasteiger partial charge < -0.3 is 10.4 Å². The van der Waals surface area contributed by atoms with Crippen molar-refractivity contribution in [1.29, 1.82) is 0 Å². The maximum atomic E-state index is 9.70. The quantitative estimate of drug-likeness (QED) is 0.875. The molecule has 0 saturated heterocycles. The Balaban J connectivity index is 1.49. The van der Waals surface area contributed by atoms with Gasteiger partial charge in [-0.3, -0.25) is 0 Å². The molecule has 0 amide bonds. The molecule has 1 aliphatic carbocycles. The fourth-order valence-electron chi connectivity index (χ4n) is 2.70. The Kier molecular flexibility index (Phi) is 3.51. The number of hydrogen-bond donors (Lipinski definition) is 2. The van der Waals surface area contributed by atoms with Gasteiger partial charge in [0.1, 0.15) is 5.75 Å². The van der Waals surface area contributed by atoms with Crippen LogP contribution in [0.5, 0.6) is 5.75 Å². The second kappa shape index (κ2) is 5.45. The summed E-state index contributed by atoms with van der Waals surface area (Å²) in [6.07, 6.45) is 2.38. The largest absolute Gasteiger partial charge is 0.508 e. The number of benzene rings is 2. The molecule has 0 radical (unpaired) electrons. The van der Waals surface area contributed by atoms with Crippen LogP contribution in [-0.2, 0) is 6.54 Å². The molecule has 2 aromatic carbocycles. The van der Waals surface area contributed by atoms with Crippen LogP contribution in [-0.4, -0.2) is 11.1 Å². The highest BCUT2D eigenvalue weighted by Gasteiger charge is 2.29. The average Bonchev–Trinajstić information content (AvgIpc) is 2.40. The van der Waals surface area contributed by atoms with Gasteiger partial charge in [0.05, 0.1) is 0 Å². The van der Waals surface area contributed by atoms with E-state index in [1.165, 1.54) is 18.4 Å². The fourth-order valence-corrected chi connectivity index (χ4v) is 2.70. The van der Waals surface area contributed by atoms with Crippen LogP contribution in [0.4, 0.5) is 0 Å². The first-order valence-electron chi connectivity index (χ1n) is 6.88. The van der Waals surface area contributed by atoms with Crippen LogP contribution < -0.4 is 5.32 Å². The number of para-hydroxylation sites is 1. The van der Waals surface area contributed by atoms with Gasteiger partial charge in [0, 0.05) is 18.2 Å². The Hall–Kier alpha value is -1.80. The van der Waals surface area contributed by atoms with Crippen LogP contribution in [0.15, 0.2) is 54.6 Å². The number of rotatable bonds is 4. The molecule has 0 atom stereocenters. The molecule has 2 nitrogen and oxygen atoms in total. The van der Waals surface area contributed by atoms with E-state index in [9.17, 15) is 5.11 Å². The molecule has 2 heteroatoms. The third kappa shape index (κ3) is 2.79. The maximum Gasteiger partial charge on any atom is 0.120 e. The number of hydrogen-bond acceptors (Lipinski definition) is 2. The summed E-state index contributed by atoms with van der Waals surface area (Å²) in [5.74, 6) is 1.08. The Labute approximate surface area is 114 Å². The smallest absolute Gasteiger partial charge is 0.120 e. The highest BCUT2D eigenvalue weighted by molar-refractivity contribution is 5.31. The van der Waals surface area contributed by atoms with Crippen molar-refractivity contribution in [3.8, 4) is 5.75 Å². The lowest BCUT2D eigenvalue weighted by Gasteiger charge is -2.36. The molecule has 1 saturated carbocycles. The van der Waals surface area contributed by atoms with E-state index in [1.807, 2.05) is 18.2 Å². The summed E-state index contributed by atoms with van der Waals surface area (Å²) < 4.78 is 0. The van der Waals surface area contributed by atoms with Crippen LogP contribution in [0.3, 0.4) is 0 Å². The van der Waals surface area contributed by atoms with Crippen molar-refractivity contribution in [2.24, 2.45) is 0 Å². The third-order valence-electron chi connectivity index (χ3n) is 3.98. The summed E-state index contributed by atoms with van der Waals surface area (Å²) in [6.45, 7) is 0.749. The lowest BCUT2D eigenvalue weighted by Crippen LogP contribution is -2.39. The lowest BCUT2D eigenvalue weighted by atomic mass is 9.76. The number of phenols is 1. The molecular formula is C17H19NO. The number of phenolic OH excluding ortho intramolecular Hbond substituents is 1. The van der Waals surface area contributed by atoms with Crippen molar-refractivity contribution >= 4 is 0 Å². The van der Waals surface area contributed by atoms with E-state index in [0.29, 0.717) is 17.7 Å². The lowest BCUT2D eigenvalue weighted by molar-refractivity contribution is 0.288. The third-order valence-corrected chi connectivity index (χ3v) is 3.98. The Morgan fingerprint density at radius 2 is 1.63 bits per heavy atom. The zero-order chi connectivity index (χ0) is 13.1. The van der Waals surface area contributed by atoms with E-state index >= 15 is 0 Å². The minimum absolute atomic E-state index is 0.383. The molecular weight excluding hydrogens is 234 g/mol. The molecule has 0 heterocycles. The molecule has 2 aromatic rings. The summed E-state index contributed by atoms with van der Waals surface area (Å²) in [6, 6.07) is 18.8.